The fourth-order valence-electron chi connectivity index (χ4n) is 5.36. The molecule has 0 unspecified atom stereocenters. The smallest absolute Gasteiger partial charge is 0.338 e. The maximum atomic E-state index is 12.8. The van der Waals surface area contributed by atoms with E-state index >= 15 is 0 Å². The van der Waals surface area contributed by atoms with Gasteiger partial charge >= 0.3 is 5.97 Å². The van der Waals surface area contributed by atoms with Crippen LogP contribution >= 0.6 is 0 Å². The molecule has 0 spiro atoms. The van der Waals surface area contributed by atoms with Gasteiger partial charge in [-0.2, -0.15) is 0 Å². The van der Waals surface area contributed by atoms with Crippen molar-refractivity contribution in [3.05, 3.63) is 108 Å². The number of hydrogen-bond acceptors (Lipinski definition) is 6. The third-order valence-electron chi connectivity index (χ3n) is 7.25. The number of hydrogen-bond donors (Lipinski definition) is 0. The lowest BCUT2D eigenvalue weighted by molar-refractivity contribution is -0.185. The third kappa shape index (κ3) is 8.26. The molecule has 0 aromatic heterocycles. The van der Waals surface area contributed by atoms with Gasteiger partial charge in [-0.3, -0.25) is 0 Å². The van der Waals surface area contributed by atoms with Crippen molar-refractivity contribution in [1.82, 2.24) is 0 Å². The third-order valence-corrected chi connectivity index (χ3v) is 7.25. The van der Waals surface area contributed by atoms with Gasteiger partial charge in [-0.15, -0.1) is 0 Å². The van der Waals surface area contributed by atoms with Crippen LogP contribution in [-0.2, 0) is 34.1 Å². The minimum atomic E-state index is -0.840. The van der Waals surface area contributed by atoms with Gasteiger partial charge in [0.05, 0.1) is 39.6 Å². The van der Waals surface area contributed by atoms with E-state index in [-0.39, 0.29) is 5.97 Å². The van der Waals surface area contributed by atoms with Crippen molar-refractivity contribution in [1.29, 1.82) is 0 Å². The first kappa shape index (κ1) is 30.9. The molecule has 3 aromatic carbocycles. The summed E-state index contributed by atoms with van der Waals surface area (Å²) >= 11 is 0. The Morgan fingerprint density at radius 3 is 1.49 bits per heavy atom. The monoisotopic (exact) mass is 560 g/mol. The maximum Gasteiger partial charge on any atom is 0.338 e. The lowest BCUT2D eigenvalue weighted by Crippen LogP contribution is -2.44. The Morgan fingerprint density at radius 1 is 0.634 bits per heavy atom. The first-order valence-corrected chi connectivity index (χ1v) is 14.7. The standard InChI is InChI=1S/C35H44O6/c1-33(2,3)41-32(36)34(21-13-14-22-34)39-27-25-37-23-24-38-26-28-40-35(29-15-7-4-8-16-29,30-17-9-5-10-18-30)31-19-11-6-12-20-31/h4-12,15-20H,13-14,21-28H2,1-3H3. The van der Waals surface area contributed by atoms with Crippen molar-refractivity contribution in [2.75, 3.05) is 39.6 Å². The zero-order valence-electron chi connectivity index (χ0n) is 24.7. The molecule has 6 heteroatoms. The molecule has 0 aliphatic heterocycles. The fourth-order valence-corrected chi connectivity index (χ4v) is 5.36. The number of carbonyl (C=O) groups excluding carboxylic acids is 1. The molecule has 41 heavy (non-hydrogen) atoms. The van der Waals surface area contributed by atoms with Crippen LogP contribution in [0.4, 0.5) is 0 Å². The summed E-state index contributed by atoms with van der Waals surface area (Å²) in [6.07, 6.45) is 3.33. The number of ether oxygens (including phenoxy) is 5. The molecule has 1 aliphatic carbocycles. The first-order chi connectivity index (χ1) is 19.9. The van der Waals surface area contributed by atoms with E-state index < -0.39 is 16.8 Å². The van der Waals surface area contributed by atoms with E-state index in [9.17, 15) is 4.79 Å². The van der Waals surface area contributed by atoms with E-state index in [1.54, 1.807) is 0 Å². The molecule has 6 nitrogen and oxygen atoms in total. The van der Waals surface area contributed by atoms with Gasteiger partial charge in [0.2, 0.25) is 0 Å². The molecule has 0 N–H and O–H groups in total. The predicted octanol–water partition coefficient (Wildman–Crippen LogP) is 6.70. The van der Waals surface area contributed by atoms with E-state index in [2.05, 4.69) is 36.4 Å². The van der Waals surface area contributed by atoms with E-state index in [1.165, 1.54) is 0 Å². The second-order valence-corrected chi connectivity index (χ2v) is 11.4. The molecule has 1 saturated carbocycles. The highest BCUT2D eigenvalue weighted by Gasteiger charge is 2.45. The van der Waals surface area contributed by atoms with Gasteiger partial charge < -0.3 is 23.7 Å². The Morgan fingerprint density at radius 2 is 1.05 bits per heavy atom. The molecule has 0 heterocycles. The summed E-state index contributed by atoms with van der Waals surface area (Å²) in [6.45, 7) is 8.08. The van der Waals surface area contributed by atoms with Gasteiger partial charge in [0.25, 0.3) is 0 Å². The Labute approximate surface area is 244 Å². The summed E-state index contributed by atoms with van der Waals surface area (Å²) in [5, 5.41) is 0. The Balaban J connectivity index is 1.25. The highest BCUT2D eigenvalue weighted by atomic mass is 16.6. The van der Waals surface area contributed by atoms with Crippen LogP contribution < -0.4 is 0 Å². The van der Waals surface area contributed by atoms with Gasteiger partial charge in [0.15, 0.2) is 5.60 Å². The normalized spacial score (nSPS) is 15.1. The molecule has 1 fully saturated rings. The van der Waals surface area contributed by atoms with Gasteiger partial charge in [0.1, 0.15) is 11.2 Å². The summed E-state index contributed by atoms with van der Waals surface area (Å²) in [7, 11) is 0. The summed E-state index contributed by atoms with van der Waals surface area (Å²) in [5.74, 6) is -0.261. The van der Waals surface area contributed by atoms with Gasteiger partial charge in [-0.1, -0.05) is 91.0 Å². The van der Waals surface area contributed by atoms with Crippen LogP contribution in [0.3, 0.4) is 0 Å². The molecule has 0 amide bonds. The molecule has 0 atom stereocenters. The van der Waals surface area contributed by atoms with E-state index in [0.29, 0.717) is 52.5 Å². The average molecular weight is 561 g/mol. The zero-order chi connectivity index (χ0) is 29.0. The van der Waals surface area contributed by atoms with Gasteiger partial charge in [0, 0.05) is 0 Å². The van der Waals surface area contributed by atoms with Crippen molar-refractivity contribution in [2.24, 2.45) is 0 Å². The Kier molecular flexibility index (Phi) is 11.1. The van der Waals surface area contributed by atoms with Crippen LogP contribution in [0.15, 0.2) is 91.0 Å². The summed E-state index contributed by atoms with van der Waals surface area (Å²) < 4.78 is 30.0. The topological polar surface area (TPSA) is 63.2 Å². The van der Waals surface area contributed by atoms with Crippen LogP contribution in [-0.4, -0.2) is 56.8 Å². The van der Waals surface area contributed by atoms with Crippen LogP contribution in [0.2, 0.25) is 0 Å². The number of carbonyl (C=O) groups is 1. The van der Waals surface area contributed by atoms with E-state index in [4.69, 9.17) is 23.7 Å². The summed E-state index contributed by atoms with van der Waals surface area (Å²) in [5.41, 5.74) is 1.06. The van der Waals surface area contributed by atoms with Crippen molar-refractivity contribution >= 4 is 5.97 Å². The van der Waals surface area contributed by atoms with Crippen LogP contribution in [0.25, 0.3) is 0 Å². The second-order valence-electron chi connectivity index (χ2n) is 11.4. The van der Waals surface area contributed by atoms with E-state index in [0.717, 1.165) is 29.5 Å². The minimum absolute atomic E-state index is 0.261. The SMILES string of the molecule is CC(C)(C)OC(=O)C1(OCCOCCOCCOC(c2ccccc2)(c2ccccc2)c2ccccc2)CCCC1. The van der Waals surface area contributed by atoms with Crippen LogP contribution in [0.1, 0.15) is 63.1 Å². The minimum Gasteiger partial charge on any atom is -0.458 e. The number of esters is 1. The molecule has 220 valence electrons. The highest BCUT2D eigenvalue weighted by Crippen LogP contribution is 2.40. The first-order valence-electron chi connectivity index (χ1n) is 14.7. The summed E-state index contributed by atoms with van der Waals surface area (Å²) in [4.78, 5) is 12.8. The molecule has 0 bridgehead atoms. The Bertz CT molecular complexity index is 1070. The Hall–Kier alpha value is -3.03. The van der Waals surface area contributed by atoms with Crippen molar-refractivity contribution in [3.8, 4) is 0 Å². The lowest BCUT2D eigenvalue weighted by Gasteiger charge is -2.36. The maximum absolute atomic E-state index is 12.8. The highest BCUT2D eigenvalue weighted by molar-refractivity contribution is 5.80. The van der Waals surface area contributed by atoms with Crippen molar-refractivity contribution in [3.63, 3.8) is 0 Å². The summed E-state index contributed by atoms with van der Waals surface area (Å²) in [6, 6.07) is 30.9. The largest absolute Gasteiger partial charge is 0.458 e. The lowest BCUT2D eigenvalue weighted by atomic mass is 9.80. The average Bonchev–Trinajstić information content (AvgIpc) is 3.47. The molecular weight excluding hydrogens is 516 g/mol. The number of rotatable bonds is 15. The molecule has 1 aliphatic rings. The predicted molar refractivity (Wildman–Crippen MR) is 160 cm³/mol. The molecule has 4 rings (SSSR count). The second kappa shape index (κ2) is 14.7. The molecule has 0 saturated heterocycles. The van der Waals surface area contributed by atoms with Crippen molar-refractivity contribution in [2.45, 2.75) is 63.3 Å². The molecule has 0 radical (unpaired) electrons. The molecule has 3 aromatic rings. The quantitative estimate of drug-likeness (QED) is 0.117. The van der Waals surface area contributed by atoms with Crippen LogP contribution in [0, 0.1) is 0 Å². The zero-order valence-corrected chi connectivity index (χ0v) is 24.7. The molecular formula is C35H44O6. The van der Waals surface area contributed by atoms with Crippen molar-refractivity contribution < 1.29 is 28.5 Å². The van der Waals surface area contributed by atoms with Gasteiger partial charge in [-0.25, -0.2) is 4.79 Å². The fraction of sp³-hybridized carbons (Fsp3) is 0.457. The van der Waals surface area contributed by atoms with E-state index in [1.807, 2.05) is 75.4 Å². The van der Waals surface area contributed by atoms with Crippen LogP contribution in [0.5, 0.6) is 0 Å². The number of benzene rings is 3. The van der Waals surface area contributed by atoms with Gasteiger partial charge in [-0.05, 0) is 63.1 Å².